The van der Waals surface area contributed by atoms with Gasteiger partial charge >= 0.3 is 0 Å². The molecule has 3 N–H and O–H groups in total. The molecule has 0 aromatic heterocycles. The molecule has 14 heavy (non-hydrogen) atoms. The van der Waals surface area contributed by atoms with Crippen molar-refractivity contribution < 1.29 is 4.79 Å². The number of hydrogen-bond donors (Lipinski definition) is 2. The molecule has 0 aromatic rings. The molecule has 0 aromatic carbocycles. The third kappa shape index (κ3) is 4.09. The lowest BCUT2D eigenvalue weighted by Gasteiger charge is -2.21. The van der Waals surface area contributed by atoms with Crippen LogP contribution in [0.3, 0.4) is 0 Å². The van der Waals surface area contributed by atoms with Gasteiger partial charge in [-0.3, -0.25) is 4.79 Å². The second-order valence-corrected chi connectivity index (χ2v) is 4.41. The quantitative estimate of drug-likeness (QED) is 0.718. The maximum Gasteiger partial charge on any atom is 0.220 e. The zero-order valence-electron chi connectivity index (χ0n) is 9.09. The van der Waals surface area contributed by atoms with Gasteiger partial charge in [0.05, 0.1) is 0 Å². The summed E-state index contributed by atoms with van der Waals surface area (Å²) < 4.78 is 0. The van der Waals surface area contributed by atoms with Crippen molar-refractivity contribution in [1.82, 2.24) is 5.32 Å². The van der Waals surface area contributed by atoms with E-state index in [1.807, 2.05) is 6.92 Å². The molecule has 1 aliphatic carbocycles. The van der Waals surface area contributed by atoms with Crippen molar-refractivity contribution in [2.75, 3.05) is 6.54 Å². The maximum atomic E-state index is 11.5. The Labute approximate surface area is 86.4 Å². The number of hydrogen-bond acceptors (Lipinski definition) is 2. The SMILES string of the molecule is C[C@H](CN)NC(=O)CC1CCCCC1. The fourth-order valence-corrected chi connectivity index (χ4v) is 2.05. The van der Waals surface area contributed by atoms with Crippen LogP contribution in [0.2, 0.25) is 0 Å². The molecule has 0 saturated heterocycles. The van der Waals surface area contributed by atoms with E-state index in [4.69, 9.17) is 5.73 Å². The van der Waals surface area contributed by atoms with Gasteiger partial charge in [-0.25, -0.2) is 0 Å². The summed E-state index contributed by atoms with van der Waals surface area (Å²) >= 11 is 0. The number of rotatable bonds is 4. The van der Waals surface area contributed by atoms with Gasteiger partial charge in [-0.15, -0.1) is 0 Å². The van der Waals surface area contributed by atoms with Gasteiger partial charge < -0.3 is 11.1 Å². The summed E-state index contributed by atoms with van der Waals surface area (Å²) in [5, 5.41) is 2.91. The highest BCUT2D eigenvalue weighted by Crippen LogP contribution is 2.25. The van der Waals surface area contributed by atoms with Crippen LogP contribution < -0.4 is 11.1 Å². The fourth-order valence-electron chi connectivity index (χ4n) is 2.05. The molecular weight excluding hydrogens is 176 g/mol. The van der Waals surface area contributed by atoms with Crippen molar-refractivity contribution >= 4 is 5.91 Å². The Morgan fingerprint density at radius 1 is 1.43 bits per heavy atom. The molecule has 0 bridgehead atoms. The van der Waals surface area contributed by atoms with Crippen LogP contribution in [-0.4, -0.2) is 18.5 Å². The van der Waals surface area contributed by atoms with E-state index < -0.39 is 0 Å². The number of nitrogens with one attached hydrogen (secondary N) is 1. The Kier molecular flexibility index (Phi) is 4.94. The maximum absolute atomic E-state index is 11.5. The molecule has 1 fully saturated rings. The van der Waals surface area contributed by atoms with E-state index in [0.29, 0.717) is 18.9 Å². The topological polar surface area (TPSA) is 55.1 Å². The van der Waals surface area contributed by atoms with Crippen molar-refractivity contribution in [3.63, 3.8) is 0 Å². The zero-order chi connectivity index (χ0) is 10.4. The van der Waals surface area contributed by atoms with Crippen LogP contribution in [0.1, 0.15) is 45.4 Å². The van der Waals surface area contributed by atoms with Gasteiger partial charge in [-0.1, -0.05) is 19.3 Å². The average molecular weight is 198 g/mol. The van der Waals surface area contributed by atoms with Crippen molar-refractivity contribution in [2.45, 2.75) is 51.5 Å². The van der Waals surface area contributed by atoms with E-state index in [0.717, 1.165) is 0 Å². The monoisotopic (exact) mass is 198 g/mol. The van der Waals surface area contributed by atoms with E-state index >= 15 is 0 Å². The minimum absolute atomic E-state index is 0.117. The van der Waals surface area contributed by atoms with Crippen molar-refractivity contribution in [3.05, 3.63) is 0 Å². The largest absolute Gasteiger partial charge is 0.352 e. The first-order valence-electron chi connectivity index (χ1n) is 5.71. The summed E-state index contributed by atoms with van der Waals surface area (Å²) in [6.07, 6.45) is 7.09. The van der Waals surface area contributed by atoms with Crippen molar-refractivity contribution in [2.24, 2.45) is 11.7 Å². The lowest BCUT2D eigenvalue weighted by molar-refractivity contribution is -0.122. The highest BCUT2D eigenvalue weighted by atomic mass is 16.1. The van der Waals surface area contributed by atoms with Gasteiger partial charge in [-0.05, 0) is 25.7 Å². The molecule has 82 valence electrons. The summed E-state index contributed by atoms with van der Waals surface area (Å²) in [6, 6.07) is 0.117. The summed E-state index contributed by atoms with van der Waals surface area (Å²) in [6.45, 7) is 2.47. The van der Waals surface area contributed by atoms with E-state index in [-0.39, 0.29) is 11.9 Å². The van der Waals surface area contributed by atoms with Crippen LogP contribution in [0.4, 0.5) is 0 Å². The van der Waals surface area contributed by atoms with E-state index in [2.05, 4.69) is 5.32 Å². The van der Waals surface area contributed by atoms with Crippen LogP contribution >= 0.6 is 0 Å². The molecule has 3 heteroatoms. The average Bonchev–Trinajstić information content (AvgIpc) is 2.19. The highest BCUT2D eigenvalue weighted by molar-refractivity contribution is 5.76. The summed E-state index contributed by atoms with van der Waals surface area (Å²) in [4.78, 5) is 11.5. The second-order valence-electron chi connectivity index (χ2n) is 4.41. The van der Waals surface area contributed by atoms with E-state index in [1.165, 1.54) is 32.1 Å². The molecule has 1 amide bonds. The molecule has 0 aliphatic heterocycles. The van der Waals surface area contributed by atoms with E-state index in [1.54, 1.807) is 0 Å². The Hall–Kier alpha value is -0.570. The van der Waals surface area contributed by atoms with Crippen LogP contribution in [0.5, 0.6) is 0 Å². The zero-order valence-corrected chi connectivity index (χ0v) is 9.09. The minimum atomic E-state index is 0.117. The van der Waals surface area contributed by atoms with Crippen molar-refractivity contribution in [3.8, 4) is 0 Å². The molecule has 1 saturated carbocycles. The summed E-state index contributed by atoms with van der Waals surface area (Å²) in [7, 11) is 0. The second kappa shape index (κ2) is 6.02. The van der Waals surface area contributed by atoms with Gasteiger partial charge in [0.15, 0.2) is 0 Å². The minimum Gasteiger partial charge on any atom is -0.352 e. The molecular formula is C11H22N2O. The summed E-state index contributed by atoms with van der Waals surface area (Å²) in [5.74, 6) is 0.795. The molecule has 0 heterocycles. The number of amides is 1. The lowest BCUT2D eigenvalue weighted by Crippen LogP contribution is -2.38. The Morgan fingerprint density at radius 3 is 2.64 bits per heavy atom. The van der Waals surface area contributed by atoms with Gasteiger partial charge in [0.25, 0.3) is 0 Å². The van der Waals surface area contributed by atoms with Gasteiger partial charge in [0.2, 0.25) is 5.91 Å². The first kappa shape index (κ1) is 11.5. The molecule has 1 rings (SSSR count). The number of carbonyl (C=O) groups excluding carboxylic acids is 1. The highest BCUT2D eigenvalue weighted by Gasteiger charge is 2.17. The van der Waals surface area contributed by atoms with Crippen LogP contribution in [0.25, 0.3) is 0 Å². The van der Waals surface area contributed by atoms with Gasteiger partial charge in [0.1, 0.15) is 0 Å². The summed E-state index contributed by atoms with van der Waals surface area (Å²) in [5.41, 5.74) is 5.44. The Morgan fingerprint density at radius 2 is 2.07 bits per heavy atom. The van der Waals surface area contributed by atoms with Crippen LogP contribution in [0.15, 0.2) is 0 Å². The van der Waals surface area contributed by atoms with Crippen LogP contribution in [0, 0.1) is 5.92 Å². The van der Waals surface area contributed by atoms with Gasteiger partial charge in [0, 0.05) is 19.0 Å². The first-order valence-corrected chi connectivity index (χ1v) is 5.71. The van der Waals surface area contributed by atoms with Crippen LogP contribution in [-0.2, 0) is 4.79 Å². The third-order valence-electron chi connectivity index (χ3n) is 2.96. The smallest absolute Gasteiger partial charge is 0.220 e. The molecule has 0 spiro atoms. The lowest BCUT2D eigenvalue weighted by atomic mass is 9.87. The molecule has 0 radical (unpaired) electrons. The molecule has 1 aliphatic rings. The number of nitrogens with two attached hydrogens (primary N) is 1. The number of carbonyl (C=O) groups is 1. The predicted octanol–water partition coefficient (Wildman–Crippen LogP) is 1.42. The standard InChI is InChI=1S/C11H22N2O/c1-9(8-12)13-11(14)7-10-5-3-2-4-6-10/h9-10H,2-8,12H2,1H3,(H,13,14)/t9-/m1/s1. The van der Waals surface area contributed by atoms with Crippen molar-refractivity contribution in [1.29, 1.82) is 0 Å². The molecule has 1 atom stereocenters. The predicted molar refractivity (Wildman–Crippen MR) is 57.9 cm³/mol. The Bertz CT molecular complexity index is 176. The fraction of sp³-hybridized carbons (Fsp3) is 0.909. The third-order valence-corrected chi connectivity index (χ3v) is 2.96. The molecule has 3 nitrogen and oxygen atoms in total. The normalized spacial score (nSPS) is 20.4. The molecule has 0 unspecified atom stereocenters. The Balaban J connectivity index is 2.18. The van der Waals surface area contributed by atoms with Gasteiger partial charge in [-0.2, -0.15) is 0 Å². The van der Waals surface area contributed by atoms with E-state index in [9.17, 15) is 4.79 Å². The first-order chi connectivity index (χ1) is 6.72.